The van der Waals surface area contributed by atoms with Gasteiger partial charge in [0.25, 0.3) is 5.91 Å². The summed E-state index contributed by atoms with van der Waals surface area (Å²) in [7, 11) is 0. The summed E-state index contributed by atoms with van der Waals surface area (Å²) in [6.07, 6.45) is 0. The Bertz CT molecular complexity index is 713. The van der Waals surface area contributed by atoms with Crippen molar-refractivity contribution in [3.05, 3.63) is 62.5 Å². The van der Waals surface area contributed by atoms with Crippen molar-refractivity contribution in [3.8, 4) is 0 Å². The van der Waals surface area contributed by atoms with Gasteiger partial charge in [-0.2, -0.15) is 0 Å². The third-order valence-electron chi connectivity index (χ3n) is 3.92. The molecule has 0 aromatic heterocycles. The van der Waals surface area contributed by atoms with E-state index >= 15 is 0 Å². The molecule has 0 bridgehead atoms. The van der Waals surface area contributed by atoms with Crippen molar-refractivity contribution in [3.63, 3.8) is 0 Å². The van der Waals surface area contributed by atoms with Gasteiger partial charge in [-0.15, -0.1) is 0 Å². The van der Waals surface area contributed by atoms with E-state index in [1.54, 1.807) is 12.1 Å². The maximum atomic E-state index is 12.6. The average molecular weight is 414 g/mol. The fraction of sp³-hybridized carbons (Fsp3) is 0.235. The van der Waals surface area contributed by atoms with E-state index in [1.165, 1.54) is 0 Å². The fourth-order valence-electron chi connectivity index (χ4n) is 2.65. The zero-order chi connectivity index (χ0) is 16.4. The second-order valence-electron chi connectivity index (χ2n) is 5.38. The summed E-state index contributed by atoms with van der Waals surface area (Å²) in [4.78, 5) is 16.7. The number of carbonyl (C=O) groups is 1. The molecule has 0 N–H and O–H groups in total. The predicted octanol–water partition coefficient (Wildman–Crippen LogP) is 4.72. The second kappa shape index (κ2) is 7.12. The van der Waals surface area contributed by atoms with Gasteiger partial charge in [-0.25, -0.2) is 0 Å². The van der Waals surface area contributed by atoms with Crippen molar-refractivity contribution in [2.24, 2.45) is 0 Å². The van der Waals surface area contributed by atoms with Gasteiger partial charge in [0.1, 0.15) is 0 Å². The molecule has 23 heavy (non-hydrogen) atoms. The lowest BCUT2D eigenvalue weighted by molar-refractivity contribution is 0.0747. The van der Waals surface area contributed by atoms with E-state index in [9.17, 15) is 4.79 Å². The first-order valence-electron chi connectivity index (χ1n) is 7.29. The summed E-state index contributed by atoms with van der Waals surface area (Å²) >= 11 is 15.5. The molecule has 3 nitrogen and oxygen atoms in total. The molecule has 0 atom stereocenters. The van der Waals surface area contributed by atoms with Crippen LogP contribution in [0.2, 0.25) is 10.0 Å². The number of amides is 1. The molecule has 3 rings (SSSR count). The molecule has 1 aliphatic heterocycles. The lowest BCUT2D eigenvalue weighted by atomic mass is 10.1. The number of anilines is 1. The van der Waals surface area contributed by atoms with Crippen LogP contribution in [-0.2, 0) is 0 Å². The topological polar surface area (TPSA) is 23.6 Å². The molecule has 6 heteroatoms. The zero-order valence-corrected chi connectivity index (χ0v) is 15.4. The van der Waals surface area contributed by atoms with Crippen LogP contribution in [-0.4, -0.2) is 37.0 Å². The van der Waals surface area contributed by atoms with E-state index in [4.69, 9.17) is 23.2 Å². The number of hydrogen-bond donors (Lipinski definition) is 0. The normalized spacial score (nSPS) is 14.9. The van der Waals surface area contributed by atoms with Crippen LogP contribution in [0.15, 0.2) is 46.9 Å². The Morgan fingerprint density at radius 3 is 2.26 bits per heavy atom. The third kappa shape index (κ3) is 3.82. The van der Waals surface area contributed by atoms with Crippen LogP contribution in [0.3, 0.4) is 0 Å². The lowest BCUT2D eigenvalue weighted by Gasteiger charge is -2.36. The van der Waals surface area contributed by atoms with E-state index in [2.05, 4.69) is 20.8 Å². The van der Waals surface area contributed by atoms with E-state index in [0.717, 1.165) is 28.3 Å². The van der Waals surface area contributed by atoms with Crippen LogP contribution in [0.1, 0.15) is 10.4 Å². The highest BCUT2D eigenvalue weighted by molar-refractivity contribution is 9.10. The van der Waals surface area contributed by atoms with E-state index in [1.807, 2.05) is 35.2 Å². The number of rotatable bonds is 2. The Labute approximate surface area is 153 Å². The maximum absolute atomic E-state index is 12.6. The molecule has 120 valence electrons. The molecule has 0 aliphatic carbocycles. The SMILES string of the molecule is O=C(c1cc(Br)ccc1Cl)N1CCN(c2ccc(Cl)cc2)CC1. The molecule has 2 aromatic carbocycles. The number of halogens is 3. The lowest BCUT2D eigenvalue weighted by Crippen LogP contribution is -2.48. The van der Waals surface area contributed by atoms with Crippen molar-refractivity contribution in [2.45, 2.75) is 0 Å². The van der Waals surface area contributed by atoms with Gasteiger partial charge in [0.2, 0.25) is 0 Å². The smallest absolute Gasteiger partial charge is 0.255 e. The number of hydrogen-bond acceptors (Lipinski definition) is 2. The van der Waals surface area contributed by atoms with Gasteiger partial charge in [-0.1, -0.05) is 39.1 Å². The van der Waals surface area contributed by atoms with Gasteiger partial charge in [-0.3, -0.25) is 4.79 Å². The Kier molecular flexibility index (Phi) is 5.14. The average Bonchev–Trinajstić information content (AvgIpc) is 2.57. The van der Waals surface area contributed by atoms with Crippen LogP contribution < -0.4 is 4.90 Å². The van der Waals surface area contributed by atoms with Crippen molar-refractivity contribution in [1.29, 1.82) is 0 Å². The van der Waals surface area contributed by atoms with Gasteiger partial charge >= 0.3 is 0 Å². The summed E-state index contributed by atoms with van der Waals surface area (Å²) in [6, 6.07) is 13.1. The van der Waals surface area contributed by atoms with Gasteiger partial charge in [0, 0.05) is 41.4 Å². The molecular formula is C17H15BrCl2N2O. The van der Waals surface area contributed by atoms with Crippen molar-refractivity contribution in [2.75, 3.05) is 31.1 Å². The number of carbonyl (C=O) groups excluding carboxylic acids is 1. The minimum absolute atomic E-state index is 0.0212. The van der Waals surface area contributed by atoms with Crippen molar-refractivity contribution in [1.82, 2.24) is 4.90 Å². The summed E-state index contributed by atoms with van der Waals surface area (Å²) < 4.78 is 0.852. The Morgan fingerprint density at radius 1 is 0.957 bits per heavy atom. The van der Waals surface area contributed by atoms with Gasteiger partial charge < -0.3 is 9.80 Å². The summed E-state index contributed by atoms with van der Waals surface area (Å²) in [5.74, 6) is -0.0212. The fourth-order valence-corrected chi connectivity index (χ4v) is 3.34. The maximum Gasteiger partial charge on any atom is 0.255 e. The second-order valence-corrected chi connectivity index (χ2v) is 7.14. The molecule has 1 amide bonds. The first-order valence-corrected chi connectivity index (χ1v) is 8.84. The van der Waals surface area contributed by atoms with Crippen molar-refractivity contribution < 1.29 is 4.79 Å². The largest absolute Gasteiger partial charge is 0.368 e. The summed E-state index contributed by atoms with van der Waals surface area (Å²) in [6.45, 7) is 2.92. The quantitative estimate of drug-likeness (QED) is 0.711. The van der Waals surface area contributed by atoms with Crippen LogP contribution in [0.25, 0.3) is 0 Å². The Hall–Kier alpha value is -1.23. The predicted molar refractivity (Wildman–Crippen MR) is 98.7 cm³/mol. The zero-order valence-electron chi connectivity index (χ0n) is 12.3. The third-order valence-corrected chi connectivity index (χ3v) is 4.99. The Morgan fingerprint density at radius 2 is 1.61 bits per heavy atom. The molecule has 0 spiro atoms. The van der Waals surface area contributed by atoms with E-state index in [0.29, 0.717) is 23.7 Å². The minimum atomic E-state index is -0.0212. The van der Waals surface area contributed by atoms with E-state index < -0.39 is 0 Å². The molecule has 1 fully saturated rings. The van der Waals surface area contributed by atoms with Crippen molar-refractivity contribution >= 4 is 50.7 Å². The minimum Gasteiger partial charge on any atom is -0.368 e. The molecular weight excluding hydrogens is 399 g/mol. The monoisotopic (exact) mass is 412 g/mol. The van der Waals surface area contributed by atoms with Crippen LogP contribution >= 0.6 is 39.1 Å². The molecule has 0 saturated carbocycles. The van der Waals surface area contributed by atoms with Crippen LogP contribution in [0.5, 0.6) is 0 Å². The Balaban J connectivity index is 1.67. The van der Waals surface area contributed by atoms with E-state index in [-0.39, 0.29) is 5.91 Å². The first kappa shape index (κ1) is 16.6. The molecule has 1 saturated heterocycles. The highest BCUT2D eigenvalue weighted by atomic mass is 79.9. The highest BCUT2D eigenvalue weighted by Crippen LogP contribution is 2.24. The summed E-state index contributed by atoms with van der Waals surface area (Å²) in [5.41, 5.74) is 1.67. The number of nitrogens with zero attached hydrogens (tertiary/aromatic N) is 2. The number of benzene rings is 2. The van der Waals surface area contributed by atoms with Crippen LogP contribution in [0.4, 0.5) is 5.69 Å². The molecule has 1 aliphatic rings. The molecule has 0 radical (unpaired) electrons. The van der Waals surface area contributed by atoms with Gasteiger partial charge in [0.15, 0.2) is 0 Å². The standard InChI is InChI=1S/C17H15BrCl2N2O/c18-12-1-6-16(20)15(11-12)17(23)22-9-7-21(8-10-22)14-4-2-13(19)3-5-14/h1-6,11H,7-10H2. The summed E-state index contributed by atoms with van der Waals surface area (Å²) in [5, 5.41) is 1.21. The van der Waals surface area contributed by atoms with Gasteiger partial charge in [-0.05, 0) is 42.5 Å². The highest BCUT2D eigenvalue weighted by Gasteiger charge is 2.23. The molecule has 2 aromatic rings. The number of piperazine rings is 1. The molecule has 1 heterocycles. The first-order chi connectivity index (χ1) is 11.0. The molecule has 0 unspecified atom stereocenters. The van der Waals surface area contributed by atoms with Crippen LogP contribution in [0, 0.1) is 0 Å². The van der Waals surface area contributed by atoms with Gasteiger partial charge in [0.05, 0.1) is 10.6 Å².